The molecular weight excluding hydrogens is 354 g/mol. The van der Waals surface area contributed by atoms with Crippen molar-refractivity contribution in [1.82, 2.24) is 30.5 Å². The minimum atomic E-state index is 0.109. The van der Waals surface area contributed by atoms with E-state index in [1.807, 2.05) is 23.1 Å². The minimum Gasteiger partial charge on any atom is -0.368 e. The second-order valence-electron chi connectivity index (χ2n) is 6.88. The van der Waals surface area contributed by atoms with Crippen molar-refractivity contribution in [3.63, 3.8) is 0 Å². The van der Waals surface area contributed by atoms with E-state index in [1.165, 1.54) is 5.69 Å². The number of hydrogen-bond acceptors (Lipinski definition) is 6. The number of H-pyrrole nitrogens is 1. The summed E-state index contributed by atoms with van der Waals surface area (Å²) >= 11 is 0. The van der Waals surface area contributed by atoms with E-state index in [9.17, 15) is 4.79 Å². The predicted octanol–water partition coefficient (Wildman–Crippen LogP) is 1.93. The molecule has 0 spiro atoms. The van der Waals surface area contributed by atoms with Gasteiger partial charge < -0.3 is 9.80 Å². The zero-order valence-electron chi connectivity index (χ0n) is 15.8. The number of tetrazole rings is 1. The van der Waals surface area contributed by atoms with Crippen LogP contribution in [0.5, 0.6) is 0 Å². The van der Waals surface area contributed by atoms with Crippen molar-refractivity contribution in [1.29, 1.82) is 0 Å². The molecule has 8 heteroatoms. The normalized spacial score (nSPS) is 17.0. The lowest BCUT2D eigenvalue weighted by Gasteiger charge is -2.42. The molecule has 1 fully saturated rings. The van der Waals surface area contributed by atoms with Gasteiger partial charge in [-0.3, -0.25) is 9.78 Å². The molecule has 0 saturated carbocycles. The molecule has 0 radical (unpaired) electrons. The van der Waals surface area contributed by atoms with E-state index in [0.717, 1.165) is 31.6 Å². The summed E-state index contributed by atoms with van der Waals surface area (Å²) in [6, 6.07) is 14.2. The van der Waals surface area contributed by atoms with E-state index in [1.54, 1.807) is 6.20 Å². The minimum absolute atomic E-state index is 0.109. The Kier molecular flexibility index (Phi) is 5.27. The molecule has 3 heterocycles. The van der Waals surface area contributed by atoms with Crippen molar-refractivity contribution >= 4 is 11.6 Å². The van der Waals surface area contributed by atoms with Crippen LogP contribution in [0.25, 0.3) is 11.4 Å². The van der Waals surface area contributed by atoms with Gasteiger partial charge in [-0.15, -0.1) is 10.2 Å². The van der Waals surface area contributed by atoms with E-state index >= 15 is 0 Å². The van der Waals surface area contributed by atoms with Gasteiger partial charge in [-0.05, 0) is 35.9 Å². The fourth-order valence-corrected chi connectivity index (χ4v) is 3.66. The Labute approximate surface area is 163 Å². The molecule has 28 heavy (non-hydrogen) atoms. The van der Waals surface area contributed by atoms with Gasteiger partial charge in [0.15, 0.2) is 0 Å². The largest absolute Gasteiger partial charge is 0.368 e. The third-order valence-corrected chi connectivity index (χ3v) is 5.15. The van der Waals surface area contributed by atoms with Crippen LogP contribution in [-0.2, 0) is 11.2 Å². The number of piperazine rings is 1. The molecule has 1 aromatic carbocycles. The van der Waals surface area contributed by atoms with Crippen LogP contribution < -0.4 is 4.90 Å². The molecule has 0 aliphatic carbocycles. The van der Waals surface area contributed by atoms with Crippen LogP contribution in [0.1, 0.15) is 19.0 Å². The lowest BCUT2D eigenvalue weighted by molar-refractivity contribution is -0.133. The Morgan fingerprint density at radius 3 is 2.82 bits per heavy atom. The third kappa shape index (κ3) is 3.85. The highest BCUT2D eigenvalue weighted by Crippen LogP contribution is 2.21. The summed E-state index contributed by atoms with van der Waals surface area (Å²) in [5.74, 6) is 0.608. The molecule has 0 bridgehead atoms. The first-order chi connectivity index (χ1) is 13.7. The summed E-state index contributed by atoms with van der Waals surface area (Å²) in [7, 11) is 0. The van der Waals surface area contributed by atoms with Gasteiger partial charge in [0.1, 0.15) is 0 Å². The first kappa shape index (κ1) is 18.1. The van der Waals surface area contributed by atoms with Gasteiger partial charge in [-0.25, -0.2) is 0 Å². The zero-order valence-corrected chi connectivity index (χ0v) is 15.8. The maximum Gasteiger partial charge on any atom is 0.228 e. The number of carbonyl (C=O) groups excluding carboxylic acids is 1. The van der Waals surface area contributed by atoms with Gasteiger partial charge in [-0.1, -0.05) is 25.1 Å². The number of pyridine rings is 1. The summed E-state index contributed by atoms with van der Waals surface area (Å²) in [5.41, 5.74) is 2.72. The Morgan fingerprint density at radius 2 is 2.07 bits per heavy atom. The van der Waals surface area contributed by atoms with E-state index < -0.39 is 0 Å². The lowest BCUT2D eigenvalue weighted by Crippen LogP contribution is -2.55. The number of benzene rings is 1. The molecule has 1 unspecified atom stereocenters. The number of anilines is 1. The molecule has 4 rings (SSSR count). The van der Waals surface area contributed by atoms with Crippen LogP contribution in [0.3, 0.4) is 0 Å². The van der Waals surface area contributed by atoms with E-state index in [-0.39, 0.29) is 18.4 Å². The van der Waals surface area contributed by atoms with Gasteiger partial charge in [0.25, 0.3) is 0 Å². The highest BCUT2D eigenvalue weighted by Gasteiger charge is 2.29. The van der Waals surface area contributed by atoms with Gasteiger partial charge in [-0.2, -0.15) is 5.21 Å². The second-order valence-corrected chi connectivity index (χ2v) is 6.88. The Balaban J connectivity index is 1.44. The number of aromatic nitrogens is 5. The van der Waals surface area contributed by atoms with E-state index in [2.05, 4.69) is 61.7 Å². The summed E-state index contributed by atoms with van der Waals surface area (Å²) in [6.07, 6.45) is 2.87. The van der Waals surface area contributed by atoms with Crippen LogP contribution in [0.2, 0.25) is 0 Å². The van der Waals surface area contributed by atoms with Crippen molar-refractivity contribution in [3.8, 4) is 11.4 Å². The van der Waals surface area contributed by atoms with Gasteiger partial charge in [0.2, 0.25) is 11.7 Å². The fourth-order valence-electron chi connectivity index (χ4n) is 3.66. The van der Waals surface area contributed by atoms with Crippen molar-refractivity contribution in [3.05, 3.63) is 54.4 Å². The summed E-state index contributed by atoms with van der Waals surface area (Å²) in [6.45, 7) is 4.54. The van der Waals surface area contributed by atoms with E-state index in [4.69, 9.17) is 0 Å². The Hall–Kier alpha value is -3.29. The number of carbonyl (C=O) groups is 1. The highest BCUT2D eigenvalue weighted by atomic mass is 16.2. The SMILES string of the molecule is CCC1CN(c2ccccc2)CCN1C(=O)Cc1cc(-c2nn[nH]n2)ccn1. The number of rotatable bonds is 5. The molecule has 3 aromatic rings. The first-order valence-corrected chi connectivity index (χ1v) is 9.53. The average Bonchev–Trinajstić information content (AvgIpc) is 3.29. The monoisotopic (exact) mass is 377 g/mol. The number of para-hydroxylation sites is 1. The standard InChI is InChI=1S/C20H23N7O/c1-2-17-14-26(18-6-4-3-5-7-18)10-11-27(17)19(28)13-16-12-15(8-9-21-16)20-22-24-25-23-20/h3-9,12,17H,2,10-11,13-14H2,1H3,(H,22,23,24,25). The molecule has 1 aliphatic heterocycles. The van der Waals surface area contributed by atoms with Crippen LogP contribution in [0.15, 0.2) is 48.7 Å². The topological polar surface area (TPSA) is 90.9 Å². The number of nitrogens with zero attached hydrogens (tertiary/aromatic N) is 6. The van der Waals surface area contributed by atoms with Gasteiger partial charge >= 0.3 is 0 Å². The smallest absolute Gasteiger partial charge is 0.228 e. The summed E-state index contributed by atoms with van der Waals surface area (Å²) < 4.78 is 0. The molecule has 144 valence electrons. The van der Waals surface area contributed by atoms with Gasteiger partial charge in [0.05, 0.1) is 12.1 Å². The molecule has 2 aromatic heterocycles. The van der Waals surface area contributed by atoms with E-state index in [0.29, 0.717) is 11.5 Å². The van der Waals surface area contributed by atoms with Crippen molar-refractivity contribution in [2.75, 3.05) is 24.5 Å². The van der Waals surface area contributed by atoms with Crippen LogP contribution in [-0.4, -0.2) is 62.1 Å². The number of aromatic amines is 1. The van der Waals surface area contributed by atoms with Crippen LogP contribution in [0, 0.1) is 0 Å². The average molecular weight is 377 g/mol. The molecular formula is C20H23N7O. The highest BCUT2D eigenvalue weighted by molar-refractivity contribution is 5.79. The molecule has 1 atom stereocenters. The maximum atomic E-state index is 13.0. The maximum absolute atomic E-state index is 13.0. The molecule has 1 N–H and O–H groups in total. The van der Waals surface area contributed by atoms with Gasteiger partial charge in [0, 0.05) is 43.1 Å². The molecule has 1 saturated heterocycles. The number of nitrogens with one attached hydrogen (secondary N) is 1. The van der Waals surface area contributed by atoms with Crippen LogP contribution >= 0.6 is 0 Å². The number of amides is 1. The van der Waals surface area contributed by atoms with Crippen LogP contribution in [0.4, 0.5) is 5.69 Å². The second kappa shape index (κ2) is 8.16. The van der Waals surface area contributed by atoms with Crippen molar-refractivity contribution < 1.29 is 4.79 Å². The molecule has 8 nitrogen and oxygen atoms in total. The predicted molar refractivity (Wildman–Crippen MR) is 106 cm³/mol. The molecule has 1 amide bonds. The molecule has 1 aliphatic rings. The lowest BCUT2D eigenvalue weighted by atomic mass is 10.1. The van der Waals surface area contributed by atoms with Crippen molar-refractivity contribution in [2.45, 2.75) is 25.8 Å². The first-order valence-electron chi connectivity index (χ1n) is 9.53. The third-order valence-electron chi connectivity index (χ3n) is 5.15. The number of hydrogen-bond donors (Lipinski definition) is 1. The quantitative estimate of drug-likeness (QED) is 0.731. The summed E-state index contributed by atoms with van der Waals surface area (Å²) in [4.78, 5) is 21.7. The Bertz CT molecular complexity index is 913. The summed E-state index contributed by atoms with van der Waals surface area (Å²) in [5, 5.41) is 14.0. The zero-order chi connectivity index (χ0) is 19.3. The van der Waals surface area contributed by atoms with Crippen molar-refractivity contribution in [2.24, 2.45) is 0 Å². The Morgan fingerprint density at radius 1 is 1.21 bits per heavy atom. The fraction of sp³-hybridized carbons (Fsp3) is 0.350.